The molecule has 0 aliphatic rings. The molecule has 108 valence electrons. The highest BCUT2D eigenvalue weighted by atomic mass is 16.6. The number of nitriles is 1. The molecular formula is C13H12N4O4. The van der Waals surface area contributed by atoms with E-state index in [0.29, 0.717) is 0 Å². The third-order valence-electron chi connectivity index (χ3n) is 2.42. The Morgan fingerprint density at radius 1 is 1.48 bits per heavy atom. The summed E-state index contributed by atoms with van der Waals surface area (Å²) in [6.45, 7) is 1.65. The highest BCUT2D eigenvalue weighted by molar-refractivity contribution is 6.08. The van der Waals surface area contributed by atoms with Gasteiger partial charge in [0, 0.05) is 19.3 Å². The number of rotatable bonds is 3. The van der Waals surface area contributed by atoms with Crippen LogP contribution < -0.4 is 0 Å². The Morgan fingerprint density at radius 3 is 2.62 bits per heavy atom. The van der Waals surface area contributed by atoms with Gasteiger partial charge in [0.2, 0.25) is 5.75 Å². The van der Waals surface area contributed by atoms with Gasteiger partial charge in [0.15, 0.2) is 11.6 Å². The molecule has 0 bridgehead atoms. The van der Waals surface area contributed by atoms with Gasteiger partial charge in [0.25, 0.3) is 0 Å². The number of nitrogens with zero attached hydrogens (tertiary/aromatic N) is 4. The van der Waals surface area contributed by atoms with Crippen LogP contribution in [0.2, 0.25) is 0 Å². The van der Waals surface area contributed by atoms with Gasteiger partial charge in [-0.3, -0.25) is 15.1 Å². The Morgan fingerprint density at radius 2 is 2.14 bits per heavy atom. The maximum absolute atomic E-state index is 10.8. The first-order chi connectivity index (χ1) is 9.94. The van der Waals surface area contributed by atoms with Crippen molar-refractivity contribution in [1.29, 1.82) is 5.26 Å². The summed E-state index contributed by atoms with van der Waals surface area (Å²) in [6, 6.07) is 4.01. The molecule has 0 atom stereocenters. The minimum Gasteiger partial charge on any atom is -0.504 e. The van der Waals surface area contributed by atoms with E-state index < -0.39 is 22.1 Å². The molecule has 1 aromatic carbocycles. The summed E-state index contributed by atoms with van der Waals surface area (Å²) < 4.78 is 0. The van der Waals surface area contributed by atoms with Gasteiger partial charge >= 0.3 is 5.69 Å². The number of nitro groups is 1. The SMILES string of the molecule is CC=NC(=NC)/C(C#N)=C/c1cc(O)c(O)c([N+](=O)[O-])c1. The Hall–Kier alpha value is -3.21. The zero-order valence-electron chi connectivity index (χ0n) is 11.3. The van der Waals surface area contributed by atoms with Crippen molar-refractivity contribution in [2.45, 2.75) is 6.92 Å². The maximum Gasteiger partial charge on any atom is 0.315 e. The van der Waals surface area contributed by atoms with Crippen molar-refractivity contribution in [2.24, 2.45) is 9.98 Å². The third kappa shape index (κ3) is 3.63. The third-order valence-corrected chi connectivity index (χ3v) is 2.42. The van der Waals surface area contributed by atoms with Crippen LogP contribution in [0.3, 0.4) is 0 Å². The molecule has 0 fully saturated rings. The number of phenolic OH excluding ortho intramolecular Hbond substituents is 2. The molecule has 0 saturated heterocycles. The van der Waals surface area contributed by atoms with Gasteiger partial charge in [-0.15, -0.1) is 0 Å². The Labute approximate surface area is 120 Å². The van der Waals surface area contributed by atoms with E-state index in [1.54, 1.807) is 6.92 Å². The van der Waals surface area contributed by atoms with Crippen LogP contribution in [0.1, 0.15) is 12.5 Å². The van der Waals surface area contributed by atoms with E-state index in [1.807, 2.05) is 6.07 Å². The predicted octanol–water partition coefficient (Wildman–Crippen LogP) is 2.03. The summed E-state index contributed by atoms with van der Waals surface area (Å²) in [5, 5.41) is 38.8. The number of aliphatic imine (C=N–C) groups is 2. The molecule has 1 aromatic rings. The first-order valence-corrected chi connectivity index (χ1v) is 5.72. The summed E-state index contributed by atoms with van der Waals surface area (Å²) in [5.74, 6) is -1.33. The summed E-state index contributed by atoms with van der Waals surface area (Å²) >= 11 is 0. The summed E-state index contributed by atoms with van der Waals surface area (Å²) in [7, 11) is 1.45. The molecule has 1 rings (SSSR count). The zero-order valence-corrected chi connectivity index (χ0v) is 11.3. The normalized spacial score (nSPS) is 12.4. The number of hydrogen-bond donors (Lipinski definition) is 2. The summed E-state index contributed by atoms with van der Waals surface area (Å²) in [6.07, 6.45) is 2.73. The second-order valence-electron chi connectivity index (χ2n) is 3.77. The summed E-state index contributed by atoms with van der Waals surface area (Å²) in [4.78, 5) is 17.7. The van der Waals surface area contributed by atoms with E-state index in [-0.39, 0.29) is 17.0 Å². The van der Waals surface area contributed by atoms with E-state index in [9.17, 15) is 20.3 Å². The molecule has 0 unspecified atom stereocenters. The number of benzene rings is 1. The molecule has 0 aromatic heterocycles. The van der Waals surface area contributed by atoms with Crippen LogP contribution in [0.5, 0.6) is 11.5 Å². The molecular weight excluding hydrogens is 276 g/mol. The van der Waals surface area contributed by atoms with Gasteiger partial charge in [-0.1, -0.05) is 0 Å². The molecule has 0 aliphatic carbocycles. The smallest absolute Gasteiger partial charge is 0.315 e. The van der Waals surface area contributed by atoms with Crippen molar-refractivity contribution >= 4 is 23.8 Å². The van der Waals surface area contributed by atoms with E-state index >= 15 is 0 Å². The van der Waals surface area contributed by atoms with Crippen molar-refractivity contribution < 1.29 is 15.1 Å². The van der Waals surface area contributed by atoms with Gasteiger partial charge in [-0.2, -0.15) is 5.26 Å². The van der Waals surface area contributed by atoms with Crippen LogP contribution in [0.4, 0.5) is 5.69 Å². The zero-order chi connectivity index (χ0) is 16.0. The Kier molecular flexibility index (Phi) is 5.14. The van der Waals surface area contributed by atoms with Crippen molar-refractivity contribution in [2.75, 3.05) is 7.05 Å². The van der Waals surface area contributed by atoms with Crippen LogP contribution in [-0.2, 0) is 0 Å². The first kappa shape index (κ1) is 15.8. The lowest BCUT2D eigenvalue weighted by molar-refractivity contribution is -0.386. The van der Waals surface area contributed by atoms with Crippen molar-refractivity contribution in [3.05, 3.63) is 33.4 Å². The monoisotopic (exact) mass is 288 g/mol. The molecule has 8 heteroatoms. The molecule has 0 aliphatic heterocycles. The topological polar surface area (TPSA) is 132 Å². The average molecular weight is 288 g/mol. The lowest BCUT2D eigenvalue weighted by Crippen LogP contribution is -1.98. The highest BCUT2D eigenvalue weighted by Crippen LogP contribution is 2.36. The highest BCUT2D eigenvalue weighted by Gasteiger charge is 2.18. The van der Waals surface area contributed by atoms with Gasteiger partial charge in [-0.05, 0) is 24.6 Å². The second-order valence-corrected chi connectivity index (χ2v) is 3.77. The average Bonchev–Trinajstić information content (AvgIpc) is 2.45. The lowest BCUT2D eigenvalue weighted by Gasteiger charge is -2.02. The van der Waals surface area contributed by atoms with Crippen LogP contribution in [0.25, 0.3) is 6.08 Å². The molecule has 0 amide bonds. The standard InChI is InChI=1S/C13H12N4O4/c1-3-16-13(15-2)9(7-14)4-8-5-10(17(20)21)12(19)11(18)6-8/h3-6,18-19H,1-2H3/b9-4+,15-13?,16-3?. The summed E-state index contributed by atoms with van der Waals surface area (Å²) in [5.41, 5.74) is -0.427. The number of amidine groups is 1. The maximum atomic E-state index is 10.8. The molecule has 0 radical (unpaired) electrons. The first-order valence-electron chi connectivity index (χ1n) is 5.72. The molecule has 0 spiro atoms. The number of nitro benzene ring substituents is 1. The Bertz CT molecular complexity index is 699. The fourth-order valence-electron chi connectivity index (χ4n) is 1.53. The minimum atomic E-state index is -0.836. The second kappa shape index (κ2) is 6.81. The van der Waals surface area contributed by atoms with Crippen LogP contribution >= 0.6 is 0 Å². The van der Waals surface area contributed by atoms with E-state index in [0.717, 1.165) is 12.1 Å². The van der Waals surface area contributed by atoms with Crippen LogP contribution in [-0.4, -0.2) is 34.2 Å². The van der Waals surface area contributed by atoms with Gasteiger partial charge < -0.3 is 10.2 Å². The molecule has 2 N–H and O–H groups in total. The molecule has 0 heterocycles. The van der Waals surface area contributed by atoms with E-state index in [2.05, 4.69) is 9.98 Å². The molecule has 0 saturated carbocycles. The Balaban J connectivity index is 3.44. The van der Waals surface area contributed by atoms with Gasteiger partial charge in [-0.25, -0.2) is 4.99 Å². The largest absolute Gasteiger partial charge is 0.504 e. The van der Waals surface area contributed by atoms with E-state index in [1.165, 1.54) is 19.3 Å². The predicted molar refractivity (Wildman–Crippen MR) is 77.5 cm³/mol. The fourth-order valence-corrected chi connectivity index (χ4v) is 1.53. The van der Waals surface area contributed by atoms with Gasteiger partial charge in [0.1, 0.15) is 6.07 Å². The van der Waals surface area contributed by atoms with Crippen molar-refractivity contribution in [1.82, 2.24) is 0 Å². The van der Waals surface area contributed by atoms with E-state index in [4.69, 9.17) is 5.26 Å². The van der Waals surface area contributed by atoms with Crippen molar-refractivity contribution in [3.63, 3.8) is 0 Å². The number of aromatic hydroxyl groups is 2. The molecule has 8 nitrogen and oxygen atoms in total. The van der Waals surface area contributed by atoms with Crippen LogP contribution in [0, 0.1) is 21.4 Å². The number of hydrogen-bond acceptors (Lipinski definition) is 6. The fraction of sp³-hybridized carbons (Fsp3) is 0.154. The lowest BCUT2D eigenvalue weighted by atomic mass is 10.1. The number of phenols is 2. The van der Waals surface area contributed by atoms with Gasteiger partial charge in [0.05, 0.1) is 10.5 Å². The van der Waals surface area contributed by atoms with Crippen LogP contribution in [0.15, 0.2) is 27.7 Å². The van der Waals surface area contributed by atoms with Crippen molar-refractivity contribution in [3.8, 4) is 17.6 Å². The minimum absolute atomic E-state index is 0.0648. The molecule has 21 heavy (non-hydrogen) atoms. The quantitative estimate of drug-likeness (QED) is 0.219.